The zero-order valence-corrected chi connectivity index (χ0v) is 7.93. The highest BCUT2D eigenvalue weighted by Gasteiger charge is 2.12. The summed E-state index contributed by atoms with van der Waals surface area (Å²) in [5.41, 5.74) is 1.56. The van der Waals surface area contributed by atoms with E-state index < -0.39 is 0 Å². The van der Waals surface area contributed by atoms with E-state index in [1.54, 1.807) is 5.54 Å². The molecule has 0 radical (unpaired) electrons. The lowest BCUT2D eigenvalue weighted by Gasteiger charge is -2.22. The summed E-state index contributed by atoms with van der Waals surface area (Å²) in [4.78, 5) is 0. The first-order chi connectivity index (χ1) is 5.93. The second kappa shape index (κ2) is 6.46. The van der Waals surface area contributed by atoms with Crippen molar-refractivity contribution < 1.29 is 9.47 Å². The molecule has 3 heteroatoms. The lowest BCUT2D eigenvalue weighted by molar-refractivity contribution is -0.181. The zero-order valence-electron chi connectivity index (χ0n) is 7.17. The summed E-state index contributed by atoms with van der Waals surface area (Å²) in [5.74, 6) is 0. The molecule has 1 aliphatic rings. The highest BCUT2D eigenvalue weighted by molar-refractivity contribution is 6.25. The Labute approximate surface area is 78.5 Å². The Balaban J connectivity index is 1.97. The maximum absolute atomic E-state index is 5.38. The molecule has 0 aromatic carbocycles. The van der Waals surface area contributed by atoms with Gasteiger partial charge in [-0.05, 0) is 25.7 Å². The monoisotopic (exact) mass is 190 g/mol. The Bertz CT molecular complexity index is 130. The van der Waals surface area contributed by atoms with Gasteiger partial charge in [-0.25, -0.2) is 0 Å². The lowest BCUT2D eigenvalue weighted by Crippen LogP contribution is -2.24. The van der Waals surface area contributed by atoms with E-state index in [1.165, 1.54) is 0 Å². The smallest absolute Gasteiger partial charge is 0.157 e. The average molecular weight is 191 g/mol. The molecule has 0 spiro atoms. The summed E-state index contributed by atoms with van der Waals surface area (Å²) in [7, 11) is 0. The summed E-state index contributed by atoms with van der Waals surface area (Å²) >= 11 is 5.38. The summed E-state index contributed by atoms with van der Waals surface area (Å²) in [5, 5.41) is 0. The fourth-order valence-corrected chi connectivity index (χ4v) is 1.29. The van der Waals surface area contributed by atoms with E-state index in [-0.39, 0.29) is 6.29 Å². The molecule has 70 valence electrons. The van der Waals surface area contributed by atoms with Crippen LogP contribution in [0.1, 0.15) is 25.7 Å². The Kier molecular flexibility index (Phi) is 5.41. The fourth-order valence-electron chi connectivity index (χ4n) is 1.17. The average Bonchev–Trinajstić information content (AvgIpc) is 2.14. The number of unbranched alkanes of at least 4 members (excludes halogenated alkanes) is 1. The zero-order chi connectivity index (χ0) is 8.65. The van der Waals surface area contributed by atoms with Gasteiger partial charge in [0.15, 0.2) is 6.29 Å². The molecule has 0 unspecified atom stereocenters. The van der Waals surface area contributed by atoms with Crippen molar-refractivity contribution in [3.8, 4) is 0 Å². The van der Waals surface area contributed by atoms with Gasteiger partial charge in [-0.1, -0.05) is 17.7 Å². The number of allylic oxidation sites excluding steroid dienone is 1. The summed E-state index contributed by atoms with van der Waals surface area (Å²) in [6, 6.07) is 0. The molecular weight excluding hydrogens is 176 g/mol. The summed E-state index contributed by atoms with van der Waals surface area (Å²) < 4.78 is 10.8. The lowest BCUT2D eigenvalue weighted by atomic mass is 10.2. The van der Waals surface area contributed by atoms with Crippen LogP contribution >= 0.6 is 11.6 Å². The van der Waals surface area contributed by atoms with Crippen LogP contribution in [0.3, 0.4) is 0 Å². The Morgan fingerprint density at radius 1 is 1.33 bits per heavy atom. The van der Waals surface area contributed by atoms with E-state index in [2.05, 4.69) is 0 Å². The molecule has 0 N–H and O–H groups in total. The highest BCUT2D eigenvalue weighted by Crippen LogP contribution is 2.11. The molecular formula is C9H15ClO2. The minimum absolute atomic E-state index is 0.0301. The van der Waals surface area contributed by atoms with Gasteiger partial charge in [0.25, 0.3) is 0 Å². The SMILES string of the molecule is ClC=CCCCC1OCCCO1. The van der Waals surface area contributed by atoms with Crippen molar-refractivity contribution in [1.29, 1.82) is 0 Å². The van der Waals surface area contributed by atoms with Gasteiger partial charge in [0, 0.05) is 5.54 Å². The quantitative estimate of drug-likeness (QED) is 0.635. The molecule has 0 aromatic heterocycles. The van der Waals surface area contributed by atoms with Gasteiger partial charge in [-0.15, -0.1) is 0 Å². The van der Waals surface area contributed by atoms with Crippen LogP contribution in [0, 0.1) is 0 Å². The van der Waals surface area contributed by atoms with Crippen molar-refractivity contribution in [1.82, 2.24) is 0 Å². The molecule has 2 nitrogen and oxygen atoms in total. The van der Waals surface area contributed by atoms with Gasteiger partial charge in [0.05, 0.1) is 13.2 Å². The number of rotatable bonds is 4. The molecule has 0 atom stereocenters. The van der Waals surface area contributed by atoms with Crippen LogP contribution in [-0.2, 0) is 9.47 Å². The third kappa shape index (κ3) is 4.10. The standard InChI is InChI=1S/C9H15ClO2/c10-6-3-1-2-5-9-11-7-4-8-12-9/h3,6,9H,1-2,4-5,7-8H2. The Morgan fingerprint density at radius 2 is 2.08 bits per heavy atom. The predicted octanol–water partition coefficient (Wildman–Crippen LogP) is 2.67. The Hall–Kier alpha value is -0.0500. The molecule has 1 rings (SSSR count). The van der Waals surface area contributed by atoms with Crippen molar-refractivity contribution in [3.05, 3.63) is 11.6 Å². The van der Waals surface area contributed by atoms with Crippen LogP contribution in [0.4, 0.5) is 0 Å². The van der Waals surface area contributed by atoms with E-state index in [9.17, 15) is 0 Å². The van der Waals surface area contributed by atoms with Crippen LogP contribution in [0.15, 0.2) is 11.6 Å². The van der Waals surface area contributed by atoms with Gasteiger partial charge in [0.1, 0.15) is 0 Å². The third-order valence-electron chi connectivity index (χ3n) is 1.80. The fraction of sp³-hybridized carbons (Fsp3) is 0.778. The molecule has 12 heavy (non-hydrogen) atoms. The highest BCUT2D eigenvalue weighted by atomic mass is 35.5. The molecule has 0 saturated carbocycles. The van der Waals surface area contributed by atoms with Gasteiger partial charge >= 0.3 is 0 Å². The van der Waals surface area contributed by atoms with E-state index in [0.717, 1.165) is 38.9 Å². The van der Waals surface area contributed by atoms with Crippen LogP contribution in [-0.4, -0.2) is 19.5 Å². The van der Waals surface area contributed by atoms with Crippen LogP contribution in [0.2, 0.25) is 0 Å². The third-order valence-corrected chi connectivity index (χ3v) is 1.97. The van der Waals surface area contributed by atoms with E-state index in [4.69, 9.17) is 21.1 Å². The first kappa shape index (κ1) is 10.0. The first-order valence-corrected chi connectivity index (χ1v) is 4.85. The van der Waals surface area contributed by atoms with Crippen molar-refractivity contribution in [2.75, 3.05) is 13.2 Å². The number of halogens is 1. The minimum Gasteiger partial charge on any atom is -0.353 e. The molecule has 1 fully saturated rings. The van der Waals surface area contributed by atoms with Crippen molar-refractivity contribution in [2.45, 2.75) is 32.0 Å². The van der Waals surface area contributed by atoms with E-state index in [1.807, 2.05) is 6.08 Å². The summed E-state index contributed by atoms with van der Waals surface area (Å²) in [6.45, 7) is 1.69. The van der Waals surface area contributed by atoms with Gasteiger partial charge < -0.3 is 9.47 Å². The van der Waals surface area contributed by atoms with Gasteiger partial charge in [0.2, 0.25) is 0 Å². The number of hydrogen-bond donors (Lipinski definition) is 0. The molecule has 0 bridgehead atoms. The predicted molar refractivity (Wildman–Crippen MR) is 49.2 cm³/mol. The number of ether oxygens (including phenoxy) is 2. The van der Waals surface area contributed by atoms with Crippen LogP contribution in [0.25, 0.3) is 0 Å². The second-order valence-corrected chi connectivity index (χ2v) is 3.07. The van der Waals surface area contributed by atoms with Crippen LogP contribution in [0.5, 0.6) is 0 Å². The van der Waals surface area contributed by atoms with Crippen molar-refractivity contribution in [3.63, 3.8) is 0 Å². The molecule has 1 saturated heterocycles. The topological polar surface area (TPSA) is 18.5 Å². The van der Waals surface area contributed by atoms with E-state index in [0.29, 0.717) is 0 Å². The van der Waals surface area contributed by atoms with Crippen LogP contribution < -0.4 is 0 Å². The maximum Gasteiger partial charge on any atom is 0.157 e. The largest absolute Gasteiger partial charge is 0.353 e. The molecule has 1 aliphatic heterocycles. The molecule has 0 aliphatic carbocycles. The minimum atomic E-state index is 0.0301. The van der Waals surface area contributed by atoms with Crippen molar-refractivity contribution >= 4 is 11.6 Å². The molecule has 1 heterocycles. The molecule has 0 aromatic rings. The molecule has 0 amide bonds. The van der Waals surface area contributed by atoms with Crippen molar-refractivity contribution in [2.24, 2.45) is 0 Å². The van der Waals surface area contributed by atoms with Gasteiger partial charge in [-0.2, -0.15) is 0 Å². The normalized spacial score (nSPS) is 20.4. The maximum atomic E-state index is 5.38. The second-order valence-electron chi connectivity index (χ2n) is 2.82. The van der Waals surface area contributed by atoms with Gasteiger partial charge in [-0.3, -0.25) is 0 Å². The summed E-state index contributed by atoms with van der Waals surface area (Å²) in [6.07, 6.45) is 6.06. The first-order valence-electron chi connectivity index (χ1n) is 4.42. The number of hydrogen-bond acceptors (Lipinski definition) is 2. The van der Waals surface area contributed by atoms with E-state index >= 15 is 0 Å². The Morgan fingerprint density at radius 3 is 2.75 bits per heavy atom.